The van der Waals surface area contributed by atoms with Crippen LogP contribution in [0.25, 0.3) is 0 Å². The Morgan fingerprint density at radius 2 is 2.42 bits per heavy atom. The second-order valence-corrected chi connectivity index (χ2v) is 5.02. The zero-order valence-corrected chi connectivity index (χ0v) is 8.57. The van der Waals surface area contributed by atoms with Gasteiger partial charge in [-0.1, -0.05) is 25.3 Å². The van der Waals surface area contributed by atoms with E-state index in [0.717, 1.165) is 5.92 Å². The summed E-state index contributed by atoms with van der Waals surface area (Å²) < 4.78 is 0. The number of hydrogen-bond acceptors (Lipinski definition) is 1. The van der Waals surface area contributed by atoms with Crippen molar-refractivity contribution in [3.63, 3.8) is 0 Å². The van der Waals surface area contributed by atoms with Gasteiger partial charge in [0.15, 0.2) is 0 Å². The Balaban J connectivity index is 1.87. The summed E-state index contributed by atoms with van der Waals surface area (Å²) in [5.41, 5.74) is 0. The largest absolute Gasteiger partial charge is 0.147 e. The van der Waals surface area contributed by atoms with Crippen molar-refractivity contribution in [3.8, 4) is 0 Å². The predicted octanol–water partition coefficient (Wildman–Crippen LogP) is 4.22. The molecule has 1 unspecified atom stereocenters. The van der Waals surface area contributed by atoms with E-state index in [1.165, 1.54) is 30.6 Å². The lowest BCUT2D eigenvalue weighted by Gasteiger charge is -2.26. The minimum atomic E-state index is 0.273. The Morgan fingerprint density at radius 3 is 2.92 bits per heavy atom. The summed E-state index contributed by atoms with van der Waals surface area (Å²) in [4.78, 5) is 1.34. The Morgan fingerprint density at radius 1 is 1.58 bits per heavy atom. The molecule has 1 saturated carbocycles. The second-order valence-electron chi connectivity index (χ2n) is 3.52. The SMILES string of the molecule is ClC(CC1CCC1)c1cccs1. The van der Waals surface area contributed by atoms with Crippen molar-refractivity contribution in [3.05, 3.63) is 22.4 Å². The van der Waals surface area contributed by atoms with Gasteiger partial charge in [-0.15, -0.1) is 22.9 Å². The normalized spacial score (nSPS) is 20.4. The van der Waals surface area contributed by atoms with Gasteiger partial charge in [0.25, 0.3) is 0 Å². The van der Waals surface area contributed by atoms with Crippen LogP contribution < -0.4 is 0 Å². The van der Waals surface area contributed by atoms with E-state index in [9.17, 15) is 0 Å². The maximum Gasteiger partial charge on any atom is 0.0681 e. The average Bonchev–Trinajstić information content (AvgIpc) is 2.47. The lowest BCUT2D eigenvalue weighted by Crippen LogP contribution is -2.12. The summed E-state index contributed by atoms with van der Waals surface area (Å²) in [5.74, 6) is 0.912. The van der Waals surface area contributed by atoms with Crippen molar-refractivity contribution in [2.75, 3.05) is 0 Å². The lowest BCUT2D eigenvalue weighted by atomic mass is 9.82. The second kappa shape index (κ2) is 3.80. The van der Waals surface area contributed by atoms with Crippen LogP contribution in [0.3, 0.4) is 0 Å². The smallest absolute Gasteiger partial charge is 0.0681 e. The Bertz CT molecular complexity index is 226. The van der Waals surface area contributed by atoms with Crippen LogP contribution in [0, 0.1) is 5.92 Å². The van der Waals surface area contributed by atoms with Crippen LogP contribution >= 0.6 is 22.9 Å². The molecule has 0 radical (unpaired) electrons. The predicted molar refractivity (Wildman–Crippen MR) is 54.9 cm³/mol. The van der Waals surface area contributed by atoms with Crippen LogP contribution in [0.4, 0.5) is 0 Å². The molecule has 1 aromatic rings. The summed E-state index contributed by atoms with van der Waals surface area (Å²) >= 11 is 8.04. The third-order valence-electron chi connectivity index (χ3n) is 2.62. The monoisotopic (exact) mass is 200 g/mol. The standard InChI is InChI=1S/C10H13ClS/c11-9(7-8-3-1-4-8)10-5-2-6-12-10/h2,5-6,8-9H,1,3-4,7H2. The molecule has 0 N–H and O–H groups in total. The first-order chi connectivity index (χ1) is 5.86. The zero-order chi connectivity index (χ0) is 8.39. The Hall–Kier alpha value is -0.0100. The zero-order valence-electron chi connectivity index (χ0n) is 7.00. The summed E-state index contributed by atoms with van der Waals surface area (Å²) in [5, 5.41) is 2.38. The van der Waals surface area contributed by atoms with Gasteiger partial charge in [0, 0.05) is 4.88 Å². The van der Waals surface area contributed by atoms with Crippen LogP contribution in [0.5, 0.6) is 0 Å². The number of thiophene rings is 1. The van der Waals surface area contributed by atoms with E-state index in [0.29, 0.717) is 0 Å². The highest BCUT2D eigenvalue weighted by Gasteiger charge is 2.21. The van der Waals surface area contributed by atoms with E-state index < -0.39 is 0 Å². The fraction of sp³-hybridized carbons (Fsp3) is 0.600. The molecule has 2 heteroatoms. The Kier molecular flexibility index (Phi) is 2.72. The van der Waals surface area contributed by atoms with Gasteiger partial charge in [-0.2, -0.15) is 0 Å². The summed E-state index contributed by atoms with van der Waals surface area (Å²) in [6.45, 7) is 0. The first kappa shape index (κ1) is 8.58. The van der Waals surface area contributed by atoms with Gasteiger partial charge in [0.2, 0.25) is 0 Å². The van der Waals surface area contributed by atoms with Gasteiger partial charge in [-0.3, -0.25) is 0 Å². The van der Waals surface area contributed by atoms with Crippen molar-refractivity contribution in [2.45, 2.75) is 31.1 Å². The highest BCUT2D eigenvalue weighted by atomic mass is 35.5. The molecule has 1 atom stereocenters. The molecule has 0 saturated heterocycles. The highest BCUT2D eigenvalue weighted by Crippen LogP contribution is 2.38. The minimum absolute atomic E-state index is 0.273. The minimum Gasteiger partial charge on any atom is -0.147 e. The first-order valence-corrected chi connectivity index (χ1v) is 5.85. The molecule has 0 aromatic carbocycles. The van der Waals surface area contributed by atoms with E-state index in [1.54, 1.807) is 11.3 Å². The van der Waals surface area contributed by atoms with Gasteiger partial charge in [0.1, 0.15) is 0 Å². The molecule has 66 valence electrons. The van der Waals surface area contributed by atoms with Gasteiger partial charge >= 0.3 is 0 Å². The van der Waals surface area contributed by atoms with Crippen LogP contribution in [-0.2, 0) is 0 Å². The lowest BCUT2D eigenvalue weighted by molar-refractivity contribution is 0.294. The molecule has 0 bridgehead atoms. The van der Waals surface area contributed by atoms with E-state index in [-0.39, 0.29) is 5.38 Å². The molecule has 1 heterocycles. The van der Waals surface area contributed by atoms with Gasteiger partial charge in [0.05, 0.1) is 5.38 Å². The third kappa shape index (κ3) is 1.83. The van der Waals surface area contributed by atoms with Crippen molar-refractivity contribution < 1.29 is 0 Å². The molecule has 0 spiro atoms. The first-order valence-electron chi connectivity index (χ1n) is 4.54. The van der Waals surface area contributed by atoms with E-state index in [1.807, 2.05) is 0 Å². The molecule has 0 aliphatic heterocycles. The number of rotatable bonds is 3. The average molecular weight is 201 g/mol. The van der Waals surface area contributed by atoms with Gasteiger partial charge < -0.3 is 0 Å². The maximum atomic E-state index is 6.27. The fourth-order valence-electron chi connectivity index (χ4n) is 1.61. The van der Waals surface area contributed by atoms with E-state index in [4.69, 9.17) is 11.6 Å². The fourth-order valence-corrected chi connectivity index (χ4v) is 2.80. The molecular weight excluding hydrogens is 188 g/mol. The van der Waals surface area contributed by atoms with Crippen LogP contribution in [-0.4, -0.2) is 0 Å². The van der Waals surface area contributed by atoms with Crippen molar-refractivity contribution >= 4 is 22.9 Å². The molecule has 1 aliphatic rings. The molecule has 1 aromatic heterocycles. The van der Waals surface area contributed by atoms with E-state index >= 15 is 0 Å². The van der Waals surface area contributed by atoms with Gasteiger partial charge in [-0.25, -0.2) is 0 Å². The molecule has 1 aliphatic carbocycles. The highest BCUT2D eigenvalue weighted by molar-refractivity contribution is 7.10. The van der Waals surface area contributed by atoms with Crippen molar-refractivity contribution in [2.24, 2.45) is 5.92 Å². The van der Waals surface area contributed by atoms with Crippen LogP contribution in [0.2, 0.25) is 0 Å². The summed E-state index contributed by atoms with van der Waals surface area (Å²) in [6.07, 6.45) is 5.39. The summed E-state index contributed by atoms with van der Waals surface area (Å²) in [7, 11) is 0. The third-order valence-corrected chi connectivity index (χ3v) is 4.15. The quantitative estimate of drug-likeness (QED) is 0.641. The summed E-state index contributed by atoms with van der Waals surface area (Å²) in [6, 6.07) is 4.22. The Labute approximate surface area is 82.6 Å². The maximum absolute atomic E-state index is 6.27. The molecule has 2 rings (SSSR count). The van der Waals surface area contributed by atoms with Crippen LogP contribution in [0.1, 0.15) is 35.9 Å². The van der Waals surface area contributed by atoms with Crippen molar-refractivity contribution in [1.29, 1.82) is 0 Å². The topological polar surface area (TPSA) is 0 Å². The molecule has 0 nitrogen and oxygen atoms in total. The van der Waals surface area contributed by atoms with Crippen molar-refractivity contribution in [1.82, 2.24) is 0 Å². The van der Waals surface area contributed by atoms with Crippen LogP contribution in [0.15, 0.2) is 17.5 Å². The molecule has 12 heavy (non-hydrogen) atoms. The number of halogens is 1. The molecular formula is C10H13ClS. The van der Waals surface area contributed by atoms with E-state index in [2.05, 4.69) is 17.5 Å². The molecule has 0 amide bonds. The molecule has 1 fully saturated rings. The number of hydrogen-bond donors (Lipinski definition) is 0. The number of alkyl halides is 1. The van der Waals surface area contributed by atoms with Gasteiger partial charge in [-0.05, 0) is 23.8 Å².